The lowest BCUT2D eigenvalue weighted by atomic mass is 9.80. The first-order valence-corrected chi connectivity index (χ1v) is 12.0. The number of carbonyl (C=O) groups excluding carboxylic acids is 1. The number of thioether (sulfide) groups is 1. The number of benzene rings is 2. The van der Waals surface area contributed by atoms with Gasteiger partial charge in [0.05, 0.1) is 13.0 Å². The van der Waals surface area contributed by atoms with Crippen molar-refractivity contribution < 1.29 is 9.53 Å². The van der Waals surface area contributed by atoms with Crippen molar-refractivity contribution in [1.29, 1.82) is 0 Å². The normalized spacial score (nSPS) is 14.4. The van der Waals surface area contributed by atoms with Crippen LogP contribution in [0.15, 0.2) is 41.3 Å². The molecule has 0 fully saturated rings. The lowest BCUT2D eigenvalue weighted by Gasteiger charge is -2.32. The van der Waals surface area contributed by atoms with Gasteiger partial charge in [0.25, 0.3) is 0 Å². The van der Waals surface area contributed by atoms with E-state index in [4.69, 9.17) is 4.74 Å². The van der Waals surface area contributed by atoms with Crippen LogP contribution in [0.4, 0.5) is 0 Å². The Labute approximate surface area is 185 Å². The molecule has 0 radical (unpaired) electrons. The molecule has 1 aliphatic heterocycles. The summed E-state index contributed by atoms with van der Waals surface area (Å²) in [6.07, 6.45) is 4.95. The number of fused-ring (bicyclic) bond motifs is 1. The molecule has 158 valence electrons. The lowest BCUT2D eigenvalue weighted by Crippen LogP contribution is -2.23. The molecule has 2 aromatic carbocycles. The Kier molecular flexibility index (Phi) is 7.67. The van der Waals surface area contributed by atoms with Crippen molar-refractivity contribution in [3.8, 4) is 11.8 Å². The van der Waals surface area contributed by atoms with Crippen LogP contribution in [0.5, 0.6) is 0 Å². The van der Waals surface area contributed by atoms with Crippen LogP contribution in [-0.2, 0) is 27.8 Å². The van der Waals surface area contributed by atoms with E-state index in [0.29, 0.717) is 13.0 Å². The summed E-state index contributed by atoms with van der Waals surface area (Å²) >= 11 is 1.99. The zero-order valence-corrected chi connectivity index (χ0v) is 19.5. The summed E-state index contributed by atoms with van der Waals surface area (Å²) in [4.78, 5) is 13.1. The summed E-state index contributed by atoms with van der Waals surface area (Å²) in [5.74, 6) is 7.80. The summed E-state index contributed by atoms with van der Waals surface area (Å²) < 4.78 is 5.02. The van der Waals surface area contributed by atoms with Crippen LogP contribution in [0.2, 0.25) is 0 Å². The quantitative estimate of drug-likeness (QED) is 0.405. The first-order valence-electron chi connectivity index (χ1n) is 11.0. The molecule has 0 spiro atoms. The molecular formula is C27H32O2S. The minimum atomic E-state index is -0.188. The molecule has 3 rings (SSSR count). The molecule has 0 saturated heterocycles. The molecule has 3 heteroatoms. The fourth-order valence-electron chi connectivity index (χ4n) is 3.74. The highest BCUT2D eigenvalue weighted by Gasteiger charge is 2.28. The van der Waals surface area contributed by atoms with Gasteiger partial charge in [-0.2, -0.15) is 0 Å². The second-order valence-corrected chi connectivity index (χ2v) is 9.66. The van der Waals surface area contributed by atoms with E-state index in [1.807, 2.05) is 43.0 Å². The van der Waals surface area contributed by atoms with Crippen molar-refractivity contribution in [3.05, 3.63) is 64.2 Å². The van der Waals surface area contributed by atoms with Gasteiger partial charge in [-0.1, -0.05) is 51.2 Å². The maximum absolute atomic E-state index is 11.6. The molecule has 0 bridgehead atoms. The van der Waals surface area contributed by atoms with E-state index in [1.165, 1.54) is 41.0 Å². The molecule has 1 aliphatic rings. The molecule has 2 nitrogen and oxygen atoms in total. The molecule has 0 saturated carbocycles. The molecule has 0 aliphatic carbocycles. The van der Waals surface area contributed by atoms with Crippen LogP contribution in [0.3, 0.4) is 0 Å². The Morgan fingerprint density at radius 1 is 1.13 bits per heavy atom. The molecule has 1 heterocycles. The minimum Gasteiger partial charge on any atom is -0.466 e. The van der Waals surface area contributed by atoms with Gasteiger partial charge in [0.2, 0.25) is 0 Å². The maximum atomic E-state index is 11.6. The zero-order valence-electron chi connectivity index (χ0n) is 18.6. The number of carbonyl (C=O) groups is 1. The van der Waals surface area contributed by atoms with E-state index in [2.05, 4.69) is 44.7 Å². The third-order valence-electron chi connectivity index (χ3n) is 5.67. The number of ether oxygens (including phenoxy) is 1. The summed E-state index contributed by atoms with van der Waals surface area (Å²) in [5, 5.41) is 0. The maximum Gasteiger partial charge on any atom is 0.310 e. The standard InChI is InChI=1S/C27H32O2S/c1-5-7-8-22-19-25-24(27(3,4)15-16-30-25)18-23(22)14-13-20-9-11-21(12-10-20)17-26(28)29-6-2/h9-12,18-19H,5-8,15-17H2,1-4H3. The third kappa shape index (κ3) is 5.70. The van der Waals surface area contributed by atoms with E-state index in [-0.39, 0.29) is 11.4 Å². The highest BCUT2D eigenvalue weighted by atomic mass is 32.2. The van der Waals surface area contributed by atoms with Crippen LogP contribution < -0.4 is 0 Å². The van der Waals surface area contributed by atoms with Crippen LogP contribution >= 0.6 is 11.8 Å². The summed E-state index contributed by atoms with van der Waals surface area (Å²) in [7, 11) is 0. The lowest BCUT2D eigenvalue weighted by molar-refractivity contribution is -0.142. The van der Waals surface area contributed by atoms with E-state index in [1.54, 1.807) is 0 Å². The van der Waals surface area contributed by atoms with Crippen molar-refractivity contribution in [3.63, 3.8) is 0 Å². The number of hydrogen-bond acceptors (Lipinski definition) is 3. The van der Waals surface area contributed by atoms with E-state index < -0.39 is 0 Å². The van der Waals surface area contributed by atoms with E-state index >= 15 is 0 Å². The SMILES string of the molecule is CCCCc1cc2c(cc1C#Cc1ccc(CC(=O)OCC)cc1)C(C)(C)CCS2. The summed E-state index contributed by atoms with van der Waals surface area (Å²) in [5.41, 5.74) is 6.09. The Morgan fingerprint density at radius 3 is 2.60 bits per heavy atom. The van der Waals surface area contributed by atoms with Crippen LogP contribution in [-0.4, -0.2) is 18.3 Å². The van der Waals surface area contributed by atoms with Crippen molar-refractivity contribution >= 4 is 17.7 Å². The van der Waals surface area contributed by atoms with Gasteiger partial charge in [0.1, 0.15) is 0 Å². The Hall–Kier alpha value is -2.18. The van der Waals surface area contributed by atoms with Gasteiger partial charge in [-0.05, 0) is 78.3 Å². The van der Waals surface area contributed by atoms with E-state index in [0.717, 1.165) is 23.1 Å². The molecule has 0 unspecified atom stereocenters. The third-order valence-corrected chi connectivity index (χ3v) is 6.73. The van der Waals surface area contributed by atoms with Gasteiger partial charge in [-0.25, -0.2) is 0 Å². The van der Waals surface area contributed by atoms with E-state index in [9.17, 15) is 4.79 Å². The number of esters is 1. The number of unbranched alkanes of at least 4 members (excludes halogenated alkanes) is 1. The molecular weight excluding hydrogens is 388 g/mol. The average molecular weight is 421 g/mol. The fourth-order valence-corrected chi connectivity index (χ4v) is 5.28. The Balaban J connectivity index is 1.87. The van der Waals surface area contributed by atoms with Crippen LogP contribution in [0.1, 0.15) is 74.8 Å². The van der Waals surface area contributed by atoms with Gasteiger partial charge in [0, 0.05) is 16.0 Å². The largest absolute Gasteiger partial charge is 0.466 e. The first kappa shape index (κ1) is 22.5. The monoisotopic (exact) mass is 420 g/mol. The predicted molar refractivity (Wildman–Crippen MR) is 126 cm³/mol. The van der Waals surface area contributed by atoms with Crippen LogP contribution in [0, 0.1) is 11.8 Å². The van der Waals surface area contributed by atoms with Crippen molar-refractivity contribution in [2.75, 3.05) is 12.4 Å². The highest BCUT2D eigenvalue weighted by molar-refractivity contribution is 7.99. The molecule has 30 heavy (non-hydrogen) atoms. The van der Waals surface area contributed by atoms with Gasteiger partial charge < -0.3 is 4.74 Å². The molecule has 0 atom stereocenters. The van der Waals surface area contributed by atoms with Gasteiger partial charge in [-0.3, -0.25) is 4.79 Å². The number of rotatable bonds is 6. The van der Waals surface area contributed by atoms with Crippen molar-refractivity contribution in [1.82, 2.24) is 0 Å². The molecule has 0 amide bonds. The zero-order chi connectivity index (χ0) is 21.6. The molecule has 0 aromatic heterocycles. The second-order valence-electron chi connectivity index (χ2n) is 8.52. The summed E-state index contributed by atoms with van der Waals surface area (Å²) in [6.45, 7) is 9.16. The topological polar surface area (TPSA) is 26.3 Å². The molecule has 0 N–H and O–H groups in total. The summed E-state index contributed by atoms with van der Waals surface area (Å²) in [6, 6.07) is 12.6. The first-order chi connectivity index (χ1) is 14.4. The minimum absolute atomic E-state index is 0.188. The van der Waals surface area contributed by atoms with Gasteiger partial charge in [0.15, 0.2) is 0 Å². The number of hydrogen-bond donors (Lipinski definition) is 0. The van der Waals surface area contributed by atoms with Crippen molar-refractivity contribution in [2.45, 2.75) is 70.1 Å². The number of aryl methyl sites for hydroxylation is 1. The van der Waals surface area contributed by atoms with Gasteiger partial charge in [-0.15, -0.1) is 11.8 Å². The average Bonchev–Trinajstić information content (AvgIpc) is 2.71. The smallest absolute Gasteiger partial charge is 0.310 e. The predicted octanol–water partition coefficient (Wildman–Crippen LogP) is 6.31. The van der Waals surface area contributed by atoms with Crippen LogP contribution in [0.25, 0.3) is 0 Å². The van der Waals surface area contributed by atoms with Gasteiger partial charge >= 0.3 is 5.97 Å². The molecule has 2 aromatic rings. The second kappa shape index (κ2) is 10.2. The Morgan fingerprint density at radius 2 is 1.90 bits per heavy atom. The highest BCUT2D eigenvalue weighted by Crippen LogP contribution is 2.42. The van der Waals surface area contributed by atoms with Crippen molar-refractivity contribution in [2.24, 2.45) is 0 Å². The fraction of sp³-hybridized carbons (Fsp3) is 0.444. The Bertz CT molecular complexity index is 945.